The van der Waals surface area contributed by atoms with E-state index in [1.807, 2.05) is 0 Å². The maximum absolute atomic E-state index is 10.1. The van der Waals surface area contributed by atoms with Crippen molar-refractivity contribution >= 4 is 12.9 Å². The van der Waals surface area contributed by atoms with Crippen LogP contribution in [-0.4, -0.2) is 22.9 Å². The standard InChI is InChI=1S/C4H9BO3/c1-4(6)2-3-5(7)8/h7-8H,2-3H2,1H3. The summed E-state index contributed by atoms with van der Waals surface area (Å²) in [5.41, 5.74) is 0. The normalized spacial score (nSPS) is 8.88. The van der Waals surface area contributed by atoms with Crippen LogP contribution in [0.1, 0.15) is 13.3 Å². The van der Waals surface area contributed by atoms with E-state index in [1.54, 1.807) is 0 Å². The number of rotatable bonds is 3. The molecule has 8 heavy (non-hydrogen) atoms. The molecule has 0 heterocycles. The van der Waals surface area contributed by atoms with E-state index in [1.165, 1.54) is 6.92 Å². The van der Waals surface area contributed by atoms with Crippen LogP contribution in [0.25, 0.3) is 0 Å². The van der Waals surface area contributed by atoms with Crippen LogP contribution < -0.4 is 0 Å². The highest BCUT2D eigenvalue weighted by molar-refractivity contribution is 6.41. The first-order valence-corrected chi connectivity index (χ1v) is 2.48. The Labute approximate surface area is 48.5 Å². The highest BCUT2D eigenvalue weighted by Crippen LogP contribution is 1.91. The van der Waals surface area contributed by atoms with Crippen molar-refractivity contribution in [1.82, 2.24) is 0 Å². The highest BCUT2D eigenvalue weighted by Gasteiger charge is 2.06. The summed E-state index contributed by atoms with van der Waals surface area (Å²) in [6.07, 6.45) is 0.396. The monoisotopic (exact) mass is 116 g/mol. The van der Waals surface area contributed by atoms with Crippen molar-refractivity contribution in [2.75, 3.05) is 0 Å². The molecule has 0 spiro atoms. The van der Waals surface area contributed by atoms with Crippen molar-refractivity contribution < 1.29 is 14.8 Å². The Kier molecular flexibility index (Phi) is 3.48. The smallest absolute Gasteiger partial charge is 0.427 e. The molecule has 0 unspecified atom stereocenters. The zero-order valence-corrected chi connectivity index (χ0v) is 4.79. The van der Waals surface area contributed by atoms with Crippen molar-refractivity contribution in [2.45, 2.75) is 19.7 Å². The van der Waals surface area contributed by atoms with Crippen LogP contribution in [0.2, 0.25) is 6.32 Å². The van der Waals surface area contributed by atoms with Crippen molar-refractivity contribution in [3.8, 4) is 0 Å². The molecule has 4 heteroatoms. The lowest BCUT2D eigenvalue weighted by atomic mass is 9.84. The van der Waals surface area contributed by atoms with Crippen molar-refractivity contribution in [1.29, 1.82) is 0 Å². The Balaban J connectivity index is 3.05. The summed E-state index contributed by atoms with van der Waals surface area (Å²) in [6.45, 7) is 1.42. The molecule has 0 saturated carbocycles. The van der Waals surface area contributed by atoms with E-state index in [9.17, 15) is 4.79 Å². The van der Waals surface area contributed by atoms with Gasteiger partial charge in [-0.1, -0.05) is 0 Å². The minimum Gasteiger partial charge on any atom is -0.427 e. The van der Waals surface area contributed by atoms with Gasteiger partial charge in [0.05, 0.1) is 0 Å². The molecule has 0 fully saturated rings. The fourth-order valence-corrected chi connectivity index (χ4v) is 0.332. The molecule has 0 aliphatic rings. The first kappa shape index (κ1) is 7.65. The van der Waals surface area contributed by atoms with Crippen LogP contribution in [0.3, 0.4) is 0 Å². The molecule has 2 N–H and O–H groups in total. The lowest BCUT2D eigenvalue weighted by molar-refractivity contribution is -0.116. The van der Waals surface area contributed by atoms with Gasteiger partial charge in [-0.05, 0) is 13.2 Å². The Bertz CT molecular complexity index is 81.4. The fourth-order valence-electron chi connectivity index (χ4n) is 0.332. The molecule has 0 aliphatic carbocycles. The molecule has 0 amide bonds. The average molecular weight is 116 g/mol. The van der Waals surface area contributed by atoms with E-state index in [0.717, 1.165) is 0 Å². The second-order valence-corrected chi connectivity index (χ2v) is 1.72. The van der Waals surface area contributed by atoms with E-state index in [0.29, 0.717) is 0 Å². The number of carbonyl (C=O) groups excluding carboxylic acids is 1. The number of Topliss-reactive ketones (excluding diaryl/α,β-unsaturated/α-hetero) is 1. The van der Waals surface area contributed by atoms with Gasteiger partial charge in [0, 0.05) is 6.42 Å². The second kappa shape index (κ2) is 3.63. The molecular formula is C4H9BO3. The minimum atomic E-state index is -1.33. The third-order valence-electron chi connectivity index (χ3n) is 0.755. The zero-order valence-electron chi connectivity index (χ0n) is 4.79. The molecule has 3 nitrogen and oxygen atoms in total. The lowest BCUT2D eigenvalue weighted by Gasteiger charge is -1.91. The molecule has 0 aromatic rings. The third kappa shape index (κ3) is 5.65. The Hall–Kier alpha value is -0.345. The van der Waals surface area contributed by atoms with E-state index >= 15 is 0 Å². The van der Waals surface area contributed by atoms with Gasteiger partial charge in [0.25, 0.3) is 0 Å². The molecular weight excluding hydrogens is 107 g/mol. The van der Waals surface area contributed by atoms with Crippen LogP contribution in [0.15, 0.2) is 0 Å². The van der Waals surface area contributed by atoms with Gasteiger partial charge in [0.15, 0.2) is 0 Å². The van der Waals surface area contributed by atoms with Gasteiger partial charge in [0.2, 0.25) is 0 Å². The summed E-state index contributed by atoms with van der Waals surface area (Å²) in [4.78, 5) is 10.1. The van der Waals surface area contributed by atoms with Gasteiger partial charge in [0.1, 0.15) is 5.78 Å². The summed E-state index contributed by atoms with van der Waals surface area (Å²) >= 11 is 0. The third-order valence-corrected chi connectivity index (χ3v) is 0.755. The molecule has 46 valence electrons. The van der Waals surface area contributed by atoms with Crippen molar-refractivity contribution in [3.63, 3.8) is 0 Å². The predicted molar refractivity (Wildman–Crippen MR) is 30.3 cm³/mol. The first-order valence-electron chi connectivity index (χ1n) is 2.48. The summed E-state index contributed by atoms with van der Waals surface area (Å²) < 4.78 is 0. The summed E-state index contributed by atoms with van der Waals surface area (Å²) in [7, 11) is -1.33. The largest absolute Gasteiger partial charge is 0.451 e. The molecule has 0 aromatic carbocycles. The summed E-state index contributed by atoms with van der Waals surface area (Å²) in [5, 5.41) is 16.4. The molecule has 0 aromatic heterocycles. The molecule has 0 aliphatic heterocycles. The molecule has 0 radical (unpaired) electrons. The number of hydrogen-bond donors (Lipinski definition) is 2. The highest BCUT2D eigenvalue weighted by atomic mass is 16.4. The van der Waals surface area contributed by atoms with Crippen LogP contribution in [0.5, 0.6) is 0 Å². The fraction of sp³-hybridized carbons (Fsp3) is 0.750. The van der Waals surface area contributed by atoms with Crippen LogP contribution in [-0.2, 0) is 4.79 Å². The zero-order chi connectivity index (χ0) is 6.57. The molecule has 0 saturated heterocycles. The van der Waals surface area contributed by atoms with Gasteiger partial charge in [-0.2, -0.15) is 0 Å². The average Bonchev–Trinajstić information content (AvgIpc) is 1.61. The Morgan fingerprint density at radius 1 is 1.62 bits per heavy atom. The topological polar surface area (TPSA) is 57.5 Å². The molecule has 0 rings (SSSR count). The summed E-state index contributed by atoms with van der Waals surface area (Å²) in [5.74, 6) is -0.0156. The van der Waals surface area contributed by atoms with Crippen LogP contribution in [0, 0.1) is 0 Å². The molecule has 0 bridgehead atoms. The van der Waals surface area contributed by atoms with Gasteiger partial charge >= 0.3 is 7.12 Å². The van der Waals surface area contributed by atoms with Gasteiger partial charge in [-0.3, -0.25) is 0 Å². The molecule has 0 atom stereocenters. The van der Waals surface area contributed by atoms with E-state index in [2.05, 4.69) is 0 Å². The second-order valence-electron chi connectivity index (χ2n) is 1.72. The maximum atomic E-state index is 10.1. The minimum absolute atomic E-state index is 0.0156. The lowest BCUT2D eigenvalue weighted by Crippen LogP contribution is -2.11. The van der Waals surface area contributed by atoms with Gasteiger partial charge in [-0.25, -0.2) is 0 Å². The quantitative estimate of drug-likeness (QED) is 0.485. The van der Waals surface area contributed by atoms with Crippen LogP contribution >= 0.6 is 0 Å². The van der Waals surface area contributed by atoms with E-state index < -0.39 is 7.12 Å². The maximum Gasteiger partial charge on any atom is 0.451 e. The van der Waals surface area contributed by atoms with Crippen molar-refractivity contribution in [2.24, 2.45) is 0 Å². The Morgan fingerprint density at radius 2 is 2.12 bits per heavy atom. The SMILES string of the molecule is CC(=O)CCB(O)O. The Morgan fingerprint density at radius 3 is 2.25 bits per heavy atom. The van der Waals surface area contributed by atoms with Crippen LogP contribution in [0.4, 0.5) is 0 Å². The van der Waals surface area contributed by atoms with E-state index in [4.69, 9.17) is 10.0 Å². The predicted octanol–water partition coefficient (Wildman–Crippen LogP) is -0.562. The van der Waals surface area contributed by atoms with Gasteiger partial charge in [-0.15, -0.1) is 0 Å². The first-order chi connectivity index (χ1) is 3.63. The van der Waals surface area contributed by atoms with Gasteiger partial charge < -0.3 is 14.8 Å². The van der Waals surface area contributed by atoms with Crippen molar-refractivity contribution in [3.05, 3.63) is 0 Å². The number of ketones is 1. The number of carbonyl (C=O) groups is 1. The van der Waals surface area contributed by atoms with E-state index in [-0.39, 0.29) is 18.5 Å². The summed E-state index contributed by atoms with van der Waals surface area (Å²) in [6, 6.07) is 0. The number of hydrogen-bond acceptors (Lipinski definition) is 3.